The van der Waals surface area contributed by atoms with Crippen LogP contribution in [0, 0.1) is 0 Å². The molecule has 1 amide bonds. The van der Waals surface area contributed by atoms with Crippen molar-refractivity contribution >= 4 is 5.91 Å². The summed E-state index contributed by atoms with van der Waals surface area (Å²) in [4.78, 5) is 11.8. The molecular formula is C15H27NO3. The third kappa shape index (κ3) is 5.11. The van der Waals surface area contributed by atoms with E-state index in [2.05, 4.69) is 5.32 Å². The average Bonchev–Trinajstić information content (AvgIpc) is 2.45. The van der Waals surface area contributed by atoms with Crippen molar-refractivity contribution < 1.29 is 14.6 Å². The van der Waals surface area contributed by atoms with Crippen LogP contribution < -0.4 is 5.32 Å². The first kappa shape index (κ1) is 14.8. The molecule has 1 aliphatic heterocycles. The average molecular weight is 269 g/mol. The Morgan fingerprint density at radius 2 is 2.00 bits per heavy atom. The Bertz CT molecular complexity index is 281. The van der Waals surface area contributed by atoms with Crippen molar-refractivity contribution in [2.24, 2.45) is 0 Å². The molecule has 2 N–H and O–H groups in total. The number of hydrogen-bond donors (Lipinski definition) is 2. The van der Waals surface area contributed by atoms with Crippen molar-refractivity contribution in [1.29, 1.82) is 0 Å². The monoisotopic (exact) mass is 269 g/mol. The fourth-order valence-corrected chi connectivity index (χ4v) is 3.07. The fraction of sp³-hybridized carbons (Fsp3) is 0.933. The molecular weight excluding hydrogens is 242 g/mol. The summed E-state index contributed by atoms with van der Waals surface area (Å²) in [5.74, 6) is 0.0492. The van der Waals surface area contributed by atoms with E-state index in [1.54, 1.807) is 0 Å². The quantitative estimate of drug-likeness (QED) is 0.804. The minimum absolute atomic E-state index is 0.0492. The highest BCUT2D eigenvalue weighted by atomic mass is 16.5. The number of rotatable bonds is 5. The van der Waals surface area contributed by atoms with E-state index in [9.17, 15) is 9.90 Å². The van der Waals surface area contributed by atoms with Gasteiger partial charge in [-0.2, -0.15) is 0 Å². The van der Waals surface area contributed by atoms with Crippen LogP contribution in [0.3, 0.4) is 0 Å². The molecule has 0 radical (unpaired) electrons. The topological polar surface area (TPSA) is 58.6 Å². The second-order valence-corrected chi connectivity index (χ2v) is 6.09. The van der Waals surface area contributed by atoms with Gasteiger partial charge in [0.1, 0.15) is 0 Å². The molecule has 0 aromatic carbocycles. The van der Waals surface area contributed by atoms with Crippen LogP contribution in [0.2, 0.25) is 0 Å². The van der Waals surface area contributed by atoms with Gasteiger partial charge in [0.05, 0.1) is 11.7 Å². The van der Waals surface area contributed by atoms with Gasteiger partial charge < -0.3 is 15.2 Å². The lowest BCUT2D eigenvalue weighted by atomic mass is 9.85. The zero-order valence-electron chi connectivity index (χ0n) is 11.8. The fourth-order valence-electron chi connectivity index (χ4n) is 3.07. The Morgan fingerprint density at radius 1 is 1.21 bits per heavy atom. The predicted octanol–water partition coefficient (Wildman–Crippen LogP) is 2.15. The van der Waals surface area contributed by atoms with E-state index in [4.69, 9.17) is 4.74 Å². The Labute approximate surface area is 115 Å². The lowest BCUT2D eigenvalue weighted by Crippen LogP contribution is -2.44. The highest BCUT2D eigenvalue weighted by Gasteiger charge is 2.29. The van der Waals surface area contributed by atoms with Crippen LogP contribution in [0.1, 0.15) is 64.2 Å². The van der Waals surface area contributed by atoms with Crippen LogP contribution in [0.25, 0.3) is 0 Å². The first-order valence-electron chi connectivity index (χ1n) is 7.79. The van der Waals surface area contributed by atoms with E-state index in [1.165, 1.54) is 12.8 Å². The van der Waals surface area contributed by atoms with Crippen LogP contribution in [0.4, 0.5) is 0 Å². The van der Waals surface area contributed by atoms with Gasteiger partial charge in [0, 0.05) is 19.6 Å². The SMILES string of the molecule is O=C(CCC1CCCCO1)NCC1(O)CCCCC1. The summed E-state index contributed by atoms with van der Waals surface area (Å²) >= 11 is 0. The van der Waals surface area contributed by atoms with E-state index in [-0.39, 0.29) is 12.0 Å². The van der Waals surface area contributed by atoms with E-state index >= 15 is 0 Å². The van der Waals surface area contributed by atoms with Crippen molar-refractivity contribution in [2.45, 2.75) is 75.9 Å². The summed E-state index contributed by atoms with van der Waals surface area (Å²) in [6.45, 7) is 1.25. The van der Waals surface area contributed by atoms with E-state index in [0.717, 1.165) is 51.6 Å². The van der Waals surface area contributed by atoms with Gasteiger partial charge in [-0.15, -0.1) is 0 Å². The van der Waals surface area contributed by atoms with Gasteiger partial charge in [0.25, 0.3) is 0 Å². The lowest BCUT2D eigenvalue weighted by molar-refractivity contribution is -0.123. The molecule has 110 valence electrons. The Morgan fingerprint density at radius 3 is 2.68 bits per heavy atom. The largest absolute Gasteiger partial charge is 0.388 e. The molecule has 2 aliphatic rings. The third-order valence-corrected chi connectivity index (χ3v) is 4.37. The number of carbonyl (C=O) groups excluding carboxylic acids is 1. The Balaban J connectivity index is 1.61. The van der Waals surface area contributed by atoms with E-state index < -0.39 is 5.60 Å². The molecule has 0 aromatic rings. The molecule has 1 unspecified atom stereocenters. The normalized spacial score (nSPS) is 26.9. The molecule has 0 aromatic heterocycles. The summed E-state index contributed by atoms with van der Waals surface area (Å²) < 4.78 is 5.61. The minimum atomic E-state index is -0.657. The second kappa shape index (κ2) is 7.25. The zero-order valence-corrected chi connectivity index (χ0v) is 11.8. The molecule has 2 rings (SSSR count). The highest BCUT2D eigenvalue weighted by Crippen LogP contribution is 2.27. The molecule has 1 aliphatic carbocycles. The first-order valence-corrected chi connectivity index (χ1v) is 7.79. The van der Waals surface area contributed by atoms with Crippen molar-refractivity contribution in [2.75, 3.05) is 13.2 Å². The van der Waals surface area contributed by atoms with E-state index in [1.807, 2.05) is 0 Å². The van der Waals surface area contributed by atoms with Gasteiger partial charge in [0.15, 0.2) is 0 Å². The van der Waals surface area contributed by atoms with Crippen LogP contribution in [-0.2, 0) is 9.53 Å². The second-order valence-electron chi connectivity index (χ2n) is 6.09. The first-order chi connectivity index (χ1) is 9.18. The van der Waals surface area contributed by atoms with Gasteiger partial charge in [-0.3, -0.25) is 4.79 Å². The van der Waals surface area contributed by atoms with E-state index in [0.29, 0.717) is 13.0 Å². The van der Waals surface area contributed by atoms with Gasteiger partial charge >= 0.3 is 0 Å². The molecule has 1 saturated carbocycles. The summed E-state index contributed by atoms with van der Waals surface area (Å²) in [6.07, 6.45) is 10.0. The summed E-state index contributed by atoms with van der Waals surface area (Å²) in [6, 6.07) is 0. The number of aliphatic hydroxyl groups is 1. The molecule has 0 spiro atoms. The maximum absolute atomic E-state index is 11.8. The minimum Gasteiger partial charge on any atom is -0.388 e. The van der Waals surface area contributed by atoms with Crippen molar-refractivity contribution in [3.05, 3.63) is 0 Å². The molecule has 4 heteroatoms. The van der Waals surface area contributed by atoms with Gasteiger partial charge in [-0.05, 0) is 38.5 Å². The number of carbonyl (C=O) groups is 1. The van der Waals surface area contributed by atoms with Crippen LogP contribution in [0.15, 0.2) is 0 Å². The molecule has 0 bridgehead atoms. The van der Waals surface area contributed by atoms with Crippen LogP contribution in [0.5, 0.6) is 0 Å². The van der Waals surface area contributed by atoms with Gasteiger partial charge in [0.2, 0.25) is 5.91 Å². The Hall–Kier alpha value is -0.610. The maximum atomic E-state index is 11.8. The summed E-state index contributed by atoms with van der Waals surface area (Å²) in [5.41, 5.74) is -0.657. The lowest BCUT2D eigenvalue weighted by Gasteiger charge is -2.32. The van der Waals surface area contributed by atoms with Gasteiger partial charge in [-0.1, -0.05) is 19.3 Å². The summed E-state index contributed by atoms with van der Waals surface area (Å²) in [5, 5.41) is 13.2. The maximum Gasteiger partial charge on any atom is 0.220 e. The van der Waals surface area contributed by atoms with Crippen LogP contribution >= 0.6 is 0 Å². The molecule has 2 fully saturated rings. The summed E-state index contributed by atoms with van der Waals surface area (Å²) in [7, 11) is 0. The molecule has 1 saturated heterocycles. The van der Waals surface area contributed by atoms with Crippen molar-refractivity contribution in [3.8, 4) is 0 Å². The van der Waals surface area contributed by atoms with Crippen molar-refractivity contribution in [1.82, 2.24) is 5.32 Å². The number of amides is 1. The number of hydrogen-bond acceptors (Lipinski definition) is 3. The smallest absolute Gasteiger partial charge is 0.220 e. The van der Waals surface area contributed by atoms with Crippen LogP contribution in [-0.4, -0.2) is 35.9 Å². The third-order valence-electron chi connectivity index (χ3n) is 4.37. The van der Waals surface area contributed by atoms with Crippen molar-refractivity contribution in [3.63, 3.8) is 0 Å². The highest BCUT2D eigenvalue weighted by molar-refractivity contribution is 5.75. The molecule has 1 atom stereocenters. The zero-order chi connectivity index (χ0) is 13.6. The number of ether oxygens (including phenoxy) is 1. The predicted molar refractivity (Wildman–Crippen MR) is 73.9 cm³/mol. The molecule has 19 heavy (non-hydrogen) atoms. The molecule has 4 nitrogen and oxygen atoms in total. The standard InChI is InChI=1S/C15H27NO3/c17-14(8-7-13-6-2-5-11-19-13)16-12-15(18)9-3-1-4-10-15/h13,18H,1-12H2,(H,16,17). The molecule has 1 heterocycles. The van der Waals surface area contributed by atoms with Gasteiger partial charge in [-0.25, -0.2) is 0 Å². The Kier molecular flexibility index (Phi) is 5.64. The number of nitrogens with one attached hydrogen (secondary N) is 1.